The summed E-state index contributed by atoms with van der Waals surface area (Å²) in [5.74, 6) is 0.302. The number of nitrogens with two attached hydrogens (primary N) is 1. The molecule has 5 rings (SSSR count). The number of benzene rings is 2. The summed E-state index contributed by atoms with van der Waals surface area (Å²) in [6, 6.07) is 10.2. The number of aromatic amines is 2. The summed E-state index contributed by atoms with van der Waals surface area (Å²) in [5.41, 5.74) is 8.98. The molecule has 11 heteroatoms. The number of hydrogen-bond acceptors (Lipinski definition) is 6. The highest BCUT2D eigenvalue weighted by Gasteiger charge is 2.28. The molecule has 0 bridgehead atoms. The number of ether oxygens (including phenoxy) is 1. The molecule has 0 saturated carbocycles. The number of halogens is 3. The molecule has 0 unspecified atom stereocenters. The van der Waals surface area contributed by atoms with Crippen molar-refractivity contribution in [2.75, 3.05) is 50.5 Å². The molecule has 4 N–H and O–H groups in total. The van der Waals surface area contributed by atoms with Crippen LogP contribution in [0.3, 0.4) is 0 Å². The maximum Gasteiger partial charge on any atom is 0.422 e. The monoisotopic (exact) mass is 472 g/mol. The normalized spacial score (nSPS) is 15.4. The molecule has 34 heavy (non-hydrogen) atoms. The smallest absolute Gasteiger partial charge is 0.422 e. The van der Waals surface area contributed by atoms with Crippen molar-refractivity contribution < 1.29 is 17.9 Å². The van der Waals surface area contributed by atoms with Gasteiger partial charge in [-0.25, -0.2) is 4.98 Å². The Bertz CT molecular complexity index is 1420. The minimum absolute atomic E-state index is 0.0206. The van der Waals surface area contributed by atoms with Crippen molar-refractivity contribution in [1.82, 2.24) is 19.9 Å². The molecule has 178 valence electrons. The molecule has 1 aliphatic heterocycles. The number of piperazine rings is 1. The number of hydrogen-bond donors (Lipinski definition) is 3. The molecule has 1 saturated heterocycles. The fourth-order valence-corrected chi connectivity index (χ4v) is 4.17. The molecular formula is C23H23F3N6O2. The zero-order valence-electron chi connectivity index (χ0n) is 18.4. The number of likely N-dealkylation sites (N-methyl/N-ethyl adjacent to an activating group) is 1. The summed E-state index contributed by atoms with van der Waals surface area (Å²) in [6.45, 7) is 2.38. The van der Waals surface area contributed by atoms with E-state index in [0.717, 1.165) is 37.4 Å². The molecule has 1 aliphatic rings. The highest BCUT2D eigenvalue weighted by atomic mass is 19.4. The van der Waals surface area contributed by atoms with Crippen molar-refractivity contribution in [2.24, 2.45) is 0 Å². The Morgan fingerprint density at radius 1 is 1.06 bits per heavy atom. The predicted octanol–water partition coefficient (Wildman–Crippen LogP) is 3.35. The van der Waals surface area contributed by atoms with Crippen molar-refractivity contribution in [3.63, 3.8) is 0 Å². The fraction of sp³-hybridized carbons (Fsp3) is 0.304. The number of nitrogen functional groups attached to an aromatic ring is 1. The Morgan fingerprint density at radius 3 is 2.56 bits per heavy atom. The average Bonchev–Trinajstić information content (AvgIpc) is 3.20. The van der Waals surface area contributed by atoms with Gasteiger partial charge in [-0.1, -0.05) is 0 Å². The third-order valence-corrected chi connectivity index (χ3v) is 6.00. The zero-order chi connectivity index (χ0) is 24.0. The van der Waals surface area contributed by atoms with E-state index in [1.54, 1.807) is 0 Å². The maximum absolute atomic E-state index is 12.9. The fourth-order valence-electron chi connectivity index (χ4n) is 4.17. The second-order valence-electron chi connectivity index (χ2n) is 8.43. The van der Waals surface area contributed by atoms with E-state index in [2.05, 4.69) is 31.8 Å². The van der Waals surface area contributed by atoms with E-state index in [0.29, 0.717) is 16.7 Å². The van der Waals surface area contributed by atoms with Gasteiger partial charge < -0.3 is 30.2 Å². The van der Waals surface area contributed by atoms with Gasteiger partial charge in [0.25, 0.3) is 5.56 Å². The number of nitrogens with zero attached hydrogens (tertiary/aromatic N) is 3. The summed E-state index contributed by atoms with van der Waals surface area (Å²) in [6.07, 6.45) is -4.46. The third kappa shape index (κ3) is 4.26. The molecule has 2 aromatic carbocycles. The van der Waals surface area contributed by atoms with Gasteiger partial charge in [0.2, 0.25) is 0 Å². The van der Waals surface area contributed by atoms with Gasteiger partial charge in [-0.3, -0.25) is 4.79 Å². The first-order valence-electron chi connectivity index (χ1n) is 10.8. The lowest BCUT2D eigenvalue weighted by atomic mass is 10.1. The topological polar surface area (TPSA) is 103 Å². The molecule has 1 fully saturated rings. The van der Waals surface area contributed by atoms with Gasteiger partial charge in [0.1, 0.15) is 17.1 Å². The van der Waals surface area contributed by atoms with Crippen LogP contribution in [0.5, 0.6) is 5.75 Å². The van der Waals surface area contributed by atoms with Crippen molar-refractivity contribution in [2.45, 2.75) is 6.18 Å². The van der Waals surface area contributed by atoms with E-state index < -0.39 is 18.3 Å². The maximum atomic E-state index is 12.9. The summed E-state index contributed by atoms with van der Waals surface area (Å²) in [5, 5.41) is 0.479. The summed E-state index contributed by atoms with van der Waals surface area (Å²) in [4.78, 5) is 27.9. The number of H-pyrrole nitrogens is 2. The van der Waals surface area contributed by atoms with E-state index in [9.17, 15) is 18.0 Å². The lowest BCUT2D eigenvalue weighted by Gasteiger charge is -2.34. The Labute approximate surface area is 192 Å². The number of alkyl halides is 3. The second-order valence-corrected chi connectivity index (χ2v) is 8.43. The lowest BCUT2D eigenvalue weighted by Crippen LogP contribution is -2.44. The number of rotatable bonds is 4. The number of anilines is 2. The second kappa shape index (κ2) is 8.24. The summed E-state index contributed by atoms with van der Waals surface area (Å²) in [7, 11) is 2.10. The summed E-state index contributed by atoms with van der Waals surface area (Å²) < 4.78 is 42.1. The first kappa shape index (κ1) is 22.1. The van der Waals surface area contributed by atoms with Gasteiger partial charge in [0, 0.05) is 43.3 Å². The van der Waals surface area contributed by atoms with E-state index in [1.807, 2.05) is 18.2 Å². The molecule has 8 nitrogen and oxygen atoms in total. The van der Waals surface area contributed by atoms with Gasteiger partial charge in [-0.2, -0.15) is 13.2 Å². The van der Waals surface area contributed by atoms with Crippen LogP contribution in [0.2, 0.25) is 0 Å². The van der Waals surface area contributed by atoms with Gasteiger partial charge in [0.15, 0.2) is 6.61 Å². The first-order valence-corrected chi connectivity index (χ1v) is 10.8. The van der Waals surface area contributed by atoms with Crippen LogP contribution in [0.1, 0.15) is 0 Å². The molecule has 0 amide bonds. The Balaban J connectivity index is 1.49. The van der Waals surface area contributed by atoms with Gasteiger partial charge in [-0.05, 0) is 37.4 Å². The molecule has 0 spiro atoms. The molecule has 0 radical (unpaired) electrons. The average molecular weight is 472 g/mol. The number of pyridine rings is 1. The molecule has 0 atom stereocenters. The lowest BCUT2D eigenvalue weighted by molar-refractivity contribution is -0.153. The van der Waals surface area contributed by atoms with Crippen molar-refractivity contribution in [3.8, 4) is 17.1 Å². The molecule has 3 heterocycles. The van der Waals surface area contributed by atoms with Crippen LogP contribution in [0.4, 0.5) is 24.5 Å². The number of fused-ring (bicyclic) bond motifs is 2. The zero-order valence-corrected chi connectivity index (χ0v) is 18.4. The van der Waals surface area contributed by atoms with Crippen LogP contribution >= 0.6 is 0 Å². The quantitative estimate of drug-likeness (QED) is 0.421. The van der Waals surface area contributed by atoms with Crippen LogP contribution in [-0.4, -0.2) is 65.9 Å². The van der Waals surface area contributed by atoms with Crippen LogP contribution in [-0.2, 0) is 0 Å². The van der Waals surface area contributed by atoms with Gasteiger partial charge >= 0.3 is 6.18 Å². The largest absolute Gasteiger partial charge is 0.484 e. The molecule has 2 aromatic heterocycles. The van der Waals surface area contributed by atoms with Crippen LogP contribution in [0, 0.1) is 0 Å². The molecule has 4 aromatic rings. The highest BCUT2D eigenvalue weighted by molar-refractivity contribution is 5.98. The van der Waals surface area contributed by atoms with Gasteiger partial charge in [-0.15, -0.1) is 0 Å². The molecule has 0 aliphatic carbocycles. The SMILES string of the molecule is CN1CCN(c2ccc3[nH]c(-c4c(N)c5ccc(OCC(F)(F)F)cc5[nH]c4=O)nc3c2)CC1. The number of imidazole rings is 1. The van der Waals surface area contributed by atoms with Crippen LogP contribution in [0.15, 0.2) is 41.2 Å². The Hall–Kier alpha value is -3.73. The Morgan fingerprint density at radius 2 is 1.82 bits per heavy atom. The van der Waals surface area contributed by atoms with E-state index in [1.165, 1.54) is 18.2 Å². The summed E-state index contributed by atoms with van der Waals surface area (Å²) >= 11 is 0. The van der Waals surface area contributed by atoms with E-state index >= 15 is 0 Å². The van der Waals surface area contributed by atoms with Gasteiger partial charge in [0.05, 0.1) is 22.2 Å². The number of nitrogens with one attached hydrogen (secondary N) is 2. The third-order valence-electron chi connectivity index (χ3n) is 6.00. The minimum atomic E-state index is -4.46. The predicted molar refractivity (Wildman–Crippen MR) is 125 cm³/mol. The van der Waals surface area contributed by atoms with Crippen molar-refractivity contribution in [3.05, 3.63) is 46.8 Å². The van der Waals surface area contributed by atoms with Crippen molar-refractivity contribution >= 4 is 33.3 Å². The Kier molecular flexibility index (Phi) is 5.35. The van der Waals surface area contributed by atoms with Crippen molar-refractivity contribution in [1.29, 1.82) is 0 Å². The number of aromatic nitrogens is 3. The standard InChI is InChI=1S/C23H23F3N6O2/c1-31-6-8-32(9-7-31)13-2-5-16-18(10-13)29-21(28-16)19-20(27)15-4-3-14(34-12-23(24,25)26)11-17(15)30-22(19)33/h2-5,10-11H,6-9,12H2,1H3,(H,28,29)(H3,27,30,33). The first-order chi connectivity index (χ1) is 16.2. The molecular weight excluding hydrogens is 449 g/mol. The van der Waals surface area contributed by atoms with Crippen LogP contribution in [0.25, 0.3) is 33.3 Å². The van der Waals surface area contributed by atoms with E-state index in [-0.39, 0.29) is 22.5 Å². The van der Waals surface area contributed by atoms with Crippen LogP contribution < -0.4 is 20.9 Å². The van der Waals surface area contributed by atoms with E-state index in [4.69, 9.17) is 10.5 Å². The minimum Gasteiger partial charge on any atom is -0.484 e. The highest BCUT2D eigenvalue weighted by Crippen LogP contribution is 2.31.